The lowest BCUT2D eigenvalue weighted by Gasteiger charge is -2.30. The zero-order chi connectivity index (χ0) is 18.9. The lowest BCUT2D eigenvalue weighted by Crippen LogP contribution is -2.38. The fourth-order valence-electron chi connectivity index (χ4n) is 3.90. The molecule has 0 atom stereocenters. The van der Waals surface area contributed by atoms with Crippen LogP contribution in [0.15, 0.2) is 17.0 Å². The third-order valence-electron chi connectivity index (χ3n) is 5.33. The highest BCUT2D eigenvalue weighted by Crippen LogP contribution is 2.31. The maximum atomic E-state index is 12.8. The van der Waals surface area contributed by atoms with E-state index in [2.05, 4.69) is 4.72 Å². The summed E-state index contributed by atoms with van der Waals surface area (Å²) in [7, 11) is -6.93. The fourth-order valence-corrected chi connectivity index (χ4v) is 7.20. The van der Waals surface area contributed by atoms with Crippen molar-refractivity contribution in [2.24, 2.45) is 0 Å². The van der Waals surface area contributed by atoms with Crippen LogP contribution >= 0.6 is 0 Å². The summed E-state index contributed by atoms with van der Waals surface area (Å²) in [5.41, 5.74) is 1.85. The molecule has 1 aromatic rings. The second-order valence-corrected chi connectivity index (χ2v) is 11.2. The minimum Gasteiger partial charge on any atom is -0.270 e. The molecule has 146 valence electrons. The Kier molecular flexibility index (Phi) is 5.65. The van der Waals surface area contributed by atoms with Gasteiger partial charge in [-0.1, -0.05) is 19.3 Å². The van der Waals surface area contributed by atoms with Gasteiger partial charge < -0.3 is 0 Å². The number of nitrogens with one attached hydrogen (secondary N) is 1. The molecule has 0 amide bonds. The Labute approximate surface area is 157 Å². The van der Waals surface area contributed by atoms with Gasteiger partial charge >= 0.3 is 0 Å². The van der Waals surface area contributed by atoms with Crippen molar-refractivity contribution in [3.63, 3.8) is 0 Å². The standard InChI is InChI=1S/C18H28N2O4S2/c1-14-13-18(26(23,24)19-16-8-4-3-5-9-16)15(2)12-17(14)20-10-6-7-11-25(20,21)22/h12-13,16,19H,3-11H2,1-2H3. The van der Waals surface area contributed by atoms with Crippen LogP contribution in [0.4, 0.5) is 5.69 Å². The van der Waals surface area contributed by atoms with Crippen LogP contribution in [0.5, 0.6) is 0 Å². The predicted molar refractivity (Wildman–Crippen MR) is 103 cm³/mol. The number of hydrogen-bond donors (Lipinski definition) is 1. The number of aryl methyl sites for hydroxylation is 2. The van der Waals surface area contributed by atoms with Gasteiger partial charge in [-0.15, -0.1) is 0 Å². The molecular weight excluding hydrogens is 372 g/mol. The molecule has 8 heteroatoms. The molecule has 1 aliphatic heterocycles. The van der Waals surface area contributed by atoms with Gasteiger partial charge in [0.1, 0.15) is 0 Å². The number of benzene rings is 1. The molecule has 1 saturated heterocycles. The average molecular weight is 401 g/mol. The van der Waals surface area contributed by atoms with Crippen LogP contribution in [0.2, 0.25) is 0 Å². The van der Waals surface area contributed by atoms with Crippen molar-refractivity contribution in [1.82, 2.24) is 4.72 Å². The van der Waals surface area contributed by atoms with Gasteiger partial charge in [-0.2, -0.15) is 0 Å². The minimum absolute atomic E-state index is 0.00407. The second-order valence-electron chi connectivity index (χ2n) is 7.46. The molecule has 0 aromatic heterocycles. The minimum atomic E-state index is -3.61. The van der Waals surface area contributed by atoms with Gasteiger partial charge in [0.05, 0.1) is 16.3 Å². The molecular formula is C18H28N2O4S2. The van der Waals surface area contributed by atoms with E-state index in [9.17, 15) is 16.8 Å². The first-order chi connectivity index (χ1) is 12.2. The van der Waals surface area contributed by atoms with Crippen molar-refractivity contribution in [3.05, 3.63) is 23.3 Å². The van der Waals surface area contributed by atoms with Gasteiger partial charge in [0.25, 0.3) is 0 Å². The molecule has 0 spiro atoms. The maximum absolute atomic E-state index is 12.8. The molecule has 1 heterocycles. The van der Waals surface area contributed by atoms with E-state index in [1.54, 1.807) is 26.0 Å². The predicted octanol–water partition coefficient (Wildman–Crippen LogP) is 2.84. The zero-order valence-electron chi connectivity index (χ0n) is 15.5. The third-order valence-corrected chi connectivity index (χ3v) is 8.85. The summed E-state index contributed by atoms with van der Waals surface area (Å²) in [6.07, 6.45) is 6.52. The van der Waals surface area contributed by atoms with Crippen LogP contribution in [0, 0.1) is 13.8 Å². The van der Waals surface area contributed by atoms with Gasteiger partial charge in [-0.25, -0.2) is 21.6 Å². The molecule has 2 fully saturated rings. The molecule has 3 rings (SSSR count). The van der Waals surface area contributed by atoms with Crippen LogP contribution in [-0.4, -0.2) is 35.2 Å². The Hall–Kier alpha value is -1.12. The number of anilines is 1. The lowest BCUT2D eigenvalue weighted by molar-refractivity contribution is 0.412. The van der Waals surface area contributed by atoms with Crippen LogP contribution in [0.1, 0.15) is 56.1 Å². The highest BCUT2D eigenvalue weighted by Gasteiger charge is 2.29. The van der Waals surface area contributed by atoms with Gasteiger partial charge in [-0.3, -0.25) is 4.31 Å². The quantitative estimate of drug-likeness (QED) is 0.842. The summed E-state index contributed by atoms with van der Waals surface area (Å²) in [4.78, 5) is 0.249. The van der Waals surface area contributed by atoms with Crippen LogP contribution < -0.4 is 9.03 Å². The third kappa shape index (κ3) is 4.07. The Morgan fingerprint density at radius 1 is 1.00 bits per heavy atom. The van der Waals surface area contributed by atoms with E-state index in [-0.39, 0.29) is 16.7 Å². The molecule has 0 bridgehead atoms. The van der Waals surface area contributed by atoms with E-state index in [0.29, 0.717) is 29.8 Å². The molecule has 0 unspecified atom stereocenters. The fraction of sp³-hybridized carbons (Fsp3) is 0.667. The van der Waals surface area contributed by atoms with Crippen molar-refractivity contribution >= 4 is 25.7 Å². The van der Waals surface area contributed by atoms with E-state index < -0.39 is 20.0 Å². The van der Waals surface area contributed by atoms with E-state index in [1.165, 1.54) is 4.31 Å². The number of hydrogen-bond acceptors (Lipinski definition) is 4. The molecule has 1 aromatic carbocycles. The zero-order valence-corrected chi connectivity index (χ0v) is 17.1. The topological polar surface area (TPSA) is 83.6 Å². The van der Waals surface area contributed by atoms with E-state index >= 15 is 0 Å². The van der Waals surface area contributed by atoms with E-state index in [0.717, 1.165) is 38.5 Å². The van der Waals surface area contributed by atoms with Crippen LogP contribution in [0.25, 0.3) is 0 Å². The molecule has 1 saturated carbocycles. The van der Waals surface area contributed by atoms with Crippen molar-refractivity contribution in [2.45, 2.75) is 69.7 Å². The highest BCUT2D eigenvalue weighted by molar-refractivity contribution is 7.92. The average Bonchev–Trinajstić information content (AvgIpc) is 2.57. The SMILES string of the molecule is Cc1cc(S(=O)(=O)NC2CCCCC2)c(C)cc1N1CCCCS1(=O)=O. The highest BCUT2D eigenvalue weighted by atomic mass is 32.2. The molecule has 6 nitrogen and oxygen atoms in total. The van der Waals surface area contributed by atoms with Crippen molar-refractivity contribution in [2.75, 3.05) is 16.6 Å². The van der Waals surface area contributed by atoms with Gasteiger partial charge in [-0.05, 0) is 62.8 Å². The first kappa shape index (κ1) is 19.6. The van der Waals surface area contributed by atoms with Gasteiger partial charge in [0.15, 0.2) is 0 Å². The summed E-state index contributed by atoms with van der Waals surface area (Å²) in [5.74, 6) is 0.148. The molecule has 0 radical (unpaired) electrons. The van der Waals surface area contributed by atoms with Gasteiger partial charge in [0.2, 0.25) is 20.0 Å². The van der Waals surface area contributed by atoms with Crippen LogP contribution in [-0.2, 0) is 20.0 Å². The van der Waals surface area contributed by atoms with Gasteiger partial charge in [0, 0.05) is 12.6 Å². The summed E-state index contributed by atoms with van der Waals surface area (Å²) < 4.78 is 54.7. The first-order valence-electron chi connectivity index (χ1n) is 9.35. The van der Waals surface area contributed by atoms with Crippen molar-refractivity contribution in [3.8, 4) is 0 Å². The van der Waals surface area contributed by atoms with E-state index in [1.807, 2.05) is 0 Å². The molecule has 1 aliphatic carbocycles. The number of rotatable bonds is 4. The number of sulfonamides is 2. The Morgan fingerprint density at radius 3 is 2.35 bits per heavy atom. The summed E-state index contributed by atoms with van der Waals surface area (Å²) >= 11 is 0. The maximum Gasteiger partial charge on any atom is 0.241 e. The molecule has 1 N–H and O–H groups in total. The van der Waals surface area contributed by atoms with Crippen LogP contribution in [0.3, 0.4) is 0 Å². The Bertz CT molecular complexity index is 873. The smallest absolute Gasteiger partial charge is 0.241 e. The van der Waals surface area contributed by atoms with E-state index in [4.69, 9.17) is 0 Å². The Morgan fingerprint density at radius 2 is 1.69 bits per heavy atom. The van der Waals surface area contributed by atoms with Crippen molar-refractivity contribution < 1.29 is 16.8 Å². The second kappa shape index (κ2) is 7.48. The van der Waals surface area contributed by atoms with Crippen molar-refractivity contribution in [1.29, 1.82) is 0 Å². The number of nitrogens with zero attached hydrogens (tertiary/aromatic N) is 1. The molecule has 26 heavy (non-hydrogen) atoms. The first-order valence-corrected chi connectivity index (χ1v) is 12.4. The normalized spacial score (nSPS) is 21.7. The largest absolute Gasteiger partial charge is 0.270 e. The summed E-state index contributed by atoms with van der Waals surface area (Å²) in [6.45, 7) is 3.96. The Balaban J connectivity index is 1.91. The monoisotopic (exact) mass is 400 g/mol. The summed E-state index contributed by atoms with van der Waals surface area (Å²) in [5, 5.41) is 0. The lowest BCUT2D eigenvalue weighted by atomic mass is 9.96. The summed E-state index contributed by atoms with van der Waals surface area (Å²) in [6, 6.07) is 3.31. The molecule has 2 aliphatic rings.